The molecule has 1 fully saturated rings. The van der Waals surface area contributed by atoms with Crippen molar-refractivity contribution < 1.29 is 38.7 Å². The minimum absolute atomic E-state index is 0.0498. The zero-order valence-corrected chi connectivity index (χ0v) is 23.0. The molecule has 1 aliphatic heterocycles. The van der Waals surface area contributed by atoms with Crippen LogP contribution >= 0.6 is 0 Å². The van der Waals surface area contributed by atoms with Gasteiger partial charge in [-0.15, -0.1) is 0 Å². The van der Waals surface area contributed by atoms with Gasteiger partial charge in [-0.2, -0.15) is 0 Å². The van der Waals surface area contributed by atoms with Gasteiger partial charge in [0.05, 0.1) is 36.7 Å². The lowest BCUT2D eigenvalue weighted by molar-refractivity contribution is -0.384. The molecule has 1 heterocycles. The summed E-state index contributed by atoms with van der Waals surface area (Å²) in [5.74, 6) is -4.61. The second-order valence-electron chi connectivity index (χ2n) is 10.8. The number of fused-ring (bicyclic) bond motifs is 3. The number of nitro benzene ring substituents is 1. The molecule has 0 saturated carbocycles. The van der Waals surface area contributed by atoms with Gasteiger partial charge in [0.1, 0.15) is 17.2 Å². The van der Waals surface area contributed by atoms with Gasteiger partial charge in [-0.25, -0.2) is 4.90 Å². The van der Waals surface area contributed by atoms with Crippen LogP contribution in [0.5, 0.6) is 17.2 Å². The molecule has 0 bridgehead atoms. The molecule has 4 unspecified atom stereocenters. The second-order valence-corrected chi connectivity index (χ2v) is 10.8. The standard InChI is InChI=1S/C31H26N2O9/c1-14-9-22(34)21-13-20-18(26(27(21)29(14)36)28-23(35)11-17(41-2)12-24(28)42-3)7-8-19-25(20)31(38)32(30(19)37)15-5-4-6-16(10-15)33(39)40/h4-7,9-12,19-20,25-26,35H,8,13H2,1-3H3. The highest BCUT2D eigenvalue weighted by atomic mass is 16.6. The molecular formula is C31H26N2O9. The van der Waals surface area contributed by atoms with Gasteiger partial charge in [0.15, 0.2) is 11.6 Å². The average Bonchev–Trinajstić information content (AvgIpc) is 3.24. The van der Waals surface area contributed by atoms with E-state index < -0.39 is 40.4 Å². The number of hydrogen-bond donors (Lipinski definition) is 1. The Hall–Kier alpha value is -5.06. The van der Waals surface area contributed by atoms with Crippen molar-refractivity contribution in [3.63, 3.8) is 0 Å². The van der Waals surface area contributed by atoms with Crippen molar-refractivity contribution in [1.82, 2.24) is 0 Å². The summed E-state index contributed by atoms with van der Waals surface area (Å²) in [4.78, 5) is 66.4. The monoisotopic (exact) mass is 570 g/mol. The molecule has 214 valence electrons. The van der Waals surface area contributed by atoms with Crippen LogP contribution in [0, 0.1) is 27.9 Å². The van der Waals surface area contributed by atoms with Crippen LogP contribution in [0.1, 0.15) is 31.2 Å². The molecular weight excluding hydrogens is 544 g/mol. The van der Waals surface area contributed by atoms with Crippen molar-refractivity contribution in [3.8, 4) is 17.2 Å². The van der Waals surface area contributed by atoms with Crippen molar-refractivity contribution >= 4 is 34.8 Å². The molecule has 2 aromatic carbocycles. The van der Waals surface area contributed by atoms with E-state index in [2.05, 4.69) is 0 Å². The van der Waals surface area contributed by atoms with E-state index in [0.717, 1.165) is 4.90 Å². The number of methoxy groups -OCH3 is 2. The van der Waals surface area contributed by atoms with Crippen LogP contribution in [-0.2, 0) is 19.2 Å². The quantitative estimate of drug-likeness (QED) is 0.185. The summed E-state index contributed by atoms with van der Waals surface area (Å²) in [5.41, 5.74) is 1.42. The first-order chi connectivity index (χ1) is 20.1. The smallest absolute Gasteiger partial charge is 0.271 e. The molecule has 6 rings (SSSR count). The number of hydrogen-bond acceptors (Lipinski definition) is 9. The Morgan fingerprint density at radius 1 is 1.02 bits per heavy atom. The lowest BCUT2D eigenvalue weighted by Crippen LogP contribution is -2.40. The summed E-state index contributed by atoms with van der Waals surface area (Å²) in [6, 6.07) is 8.29. The third-order valence-electron chi connectivity index (χ3n) is 8.70. The number of benzene rings is 2. The normalized spacial score (nSPS) is 25.0. The number of imide groups is 1. The summed E-state index contributed by atoms with van der Waals surface area (Å²) in [6.07, 6.45) is 3.31. The van der Waals surface area contributed by atoms with Crippen molar-refractivity contribution in [2.24, 2.45) is 17.8 Å². The van der Waals surface area contributed by atoms with E-state index >= 15 is 0 Å². The first-order valence-corrected chi connectivity index (χ1v) is 13.3. The van der Waals surface area contributed by atoms with Gasteiger partial charge in [-0.1, -0.05) is 17.7 Å². The molecule has 2 aromatic rings. The van der Waals surface area contributed by atoms with Gasteiger partial charge >= 0.3 is 0 Å². The van der Waals surface area contributed by atoms with E-state index in [9.17, 15) is 34.4 Å². The van der Waals surface area contributed by atoms with Gasteiger partial charge < -0.3 is 14.6 Å². The number of anilines is 1. The lowest BCUT2D eigenvalue weighted by atomic mass is 9.59. The fourth-order valence-electron chi connectivity index (χ4n) is 6.86. The lowest BCUT2D eigenvalue weighted by Gasteiger charge is -2.42. The molecule has 11 nitrogen and oxygen atoms in total. The second kappa shape index (κ2) is 9.79. The Bertz CT molecular complexity index is 1720. The zero-order valence-electron chi connectivity index (χ0n) is 23.0. The zero-order chi connectivity index (χ0) is 30.0. The van der Waals surface area contributed by atoms with E-state index in [4.69, 9.17) is 9.47 Å². The molecule has 1 saturated heterocycles. The Morgan fingerprint density at radius 3 is 2.48 bits per heavy atom. The predicted molar refractivity (Wildman–Crippen MR) is 148 cm³/mol. The van der Waals surface area contributed by atoms with Crippen molar-refractivity contribution in [3.05, 3.63) is 86.5 Å². The topological polar surface area (TPSA) is 153 Å². The van der Waals surface area contributed by atoms with Gasteiger partial charge in [-0.05, 0) is 37.8 Å². The van der Waals surface area contributed by atoms with Crippen molar-refractivity contribution in [1.29, 1.82) is 0 Å². The summed E-state index contributed by atoms with van der Waals surface area (Å²) < 4.78 is 10.9. The minimum Gasteiger partial charge on any atom is -0.507 e. The maximum atomic E-state index is 14.0. The van der Waals surface area contributed by atoms with Gasteiger partial charge in [-0.3, -0.25) is 29.3 Å². The fourth-order valence-corrected chi connectivity index (χ4v) is 6.86. The summed E-state index contributed by atoms with van der Waals surface area (Å²) in [7, 11) is 2.84. The van der Waals surface area contributed by atoms with Crippen LogP contribution in [0.15, 0.2) is 70.8 Å². The SMILES string of the molecule is COc1cc(O)c(C2C3=CCC4C(=O)N(c5cccc([N+](=O)[O-])c5)C(=O)C4C3CC3=C2C(=O)C(C)=CC3=O)c(OC)c1. The highest BCUT2D eigenvalue weighted by Gasteiger charge is 2.57. The van der Waals surface area contributed by atoms with Crippen LogP contribution in [0.3, 0.4) is 0 Å². The number of rotatable bonds is 5. The number of Topliss-reactive ketones (excluding diaryl/α,β-unsaturated/α-hetero) is 1. The number of phenols is 1. The highest BCUT2D eigenvalue weighted by molar-refractivity contribution is 6.25. The Balaban J connectivity index is 1.51. The molecule has 1 N–H and O–H groups in total. The number of carbonyl (C=O) groups is 4. The third-order valence-corrected chi connectivity index (χ3v) is 8.70. The number of ether oxygens (including phenoxy) is 2. The number of non-ortho nitro benzene ring substituents is 1. The Morgan fingerprint density at radius 2 is 1.79 bits per heavy atom. The maximum absolute atomic E-state index is 14.0. The summed E-state index contributed by atoms with van der Waals surface area (Å²) in [5, 5.41) is 22.6. The van der Waals surface area contributed by atoms with E-state index in [-0.39, 0.29) is 69.6 Å². The number of phenolic OH excluding ortho intramolecular Hbond substituents is 1. The summed E-state index contributed by atoms with van der Waals surface area (Å²) >= 11 is 0. The molecule has 0 aromatic heterocycles. The van der Waals surface area contributed by atoms with Crippen molar-refractivity contribution in [2.45, 2.75) is 25.7 Å². The van der Waals surface area contributed by atoms with Crippen LogP contribution < -0.4 is 14.4 Å². The first kappa shape index (κ1) is 27.1. The Kier molecular flexibility index (Phi) is 6.32. The number of amides is 2. The number of carbonyl (C=O) groups excluding carboxylic acids is 4. The molecule has 2 amide bonds. The van der Waals surface area contributed by atoms with Crippen LogP contribution in [0.2, 0.25) is 0 Å². The summed E-state index contributed by atoms with van der Waals surface area (Å²) in [6.45, 7) is 1.56. The molecule has 4 aliphatic rings. The van der Waals surface area contributed by atoms with Gasteiger partial charge in [0.2, 0.25) is 11.8 Å². The molecule has 42 heavy (non-hydrogen) atoms. The largest absolute Gasteiger partial charge is 0.507 e. The first-order valence-electron chi connectivity index (χ1n) is 13.3. The predicted octanol–water partition coefficient (Wildman–Crippen LogP) is 3.95. The van der Waals surface area contributed by atoms with E-state index in [1.54, 1.807) is 13.0 Å². The number of allylic oxidation sites excluding steroid dienone is 6. The number of aromatic hydroxyl groups is 1. The van der Waals surface area contributed by atoms with E-state index in [1.165, 1.54) is 50.6 Å². The van der Waals surface area contributed by atoms with E-state index in [0.29, 0.717) is 11.3 Å². The third kappa shape index (κ3) is 3.87. The van der Waals surface area contributed by atoms with Crippen LogP contribution in [-0.4, -0.2) is 47.6 Å². The highest BCUT2D eigenvalue weighted by Crippen LogP contribution is 2.58. The van der Waals surface area contributed by atoms with Gasteiger partial charge in [0.25, 0.3) is 5.69 Å². The number of ketones is 2. The molecule has 3 aliphatic carbocycles. The fraction of sp³-hybridized carbons (Fsp3) is 0.290. The maximum Gasteiger partial charge on any atom is 0.271 e. The number of nitro groups is 1. The van der Waals surface area contributed by atoms with Crippen LogP contribution in [0.25, 0.3) is 0 Å². The van der Waals surface area contributed by atoms with E-state index in [1.807, 2.05) is 6.08 Å². The van der Waals surface area contributed by atoms with Gasteiger partial charge in [0, 0.05) is 52.5 Å². The molecule has 4 atom stereocenters. The molecule has 11 heteroatoms. The number of nitrogens with zero attached hydrogens (tertiary/aromatic N) is 2. The average molecular weight is 571 g/mol. The minimum atomic E-state index is -0.921. The van der Waals surface area contributed by atoms with Crippen LogP contribution in [0.4, 0.5) is 11.4 Å². The molecule has 0 spiro atoms. The van der Waals surface area contributed by atoms with Crippen molar-refractivity contribution in [2.75, 3.05) is 19.1 Å². The molecule has 0 radical (unpaired) electrons. The Labute approximate surface area is 239 Å².